The van der Waals surface area contributed by atoms with Gasteiger partial charge in [-0.3, -0.25) is 0 Å². The second-order valence-electron chi connectivity index (χ2n) is 4.57. The van der Waals surface area contributed by atoms with Crippen LogP contribution in [0.15, 0.2) is 12.4 Å². The summed E-state index contributed by atoms with van der Waals surface area (Å²) < 4.78 is 7.38. The van der Waals surface area contributed by atoms with E-state index in [0.29, 0.717) is 27.5 Å². The molecule has 0 spiro atoms. The molecule has 108 valence electrons. The molecule has 7 nitrogen and oxygen atoms in total. The van der Waals surface area contributed by atoms with E-state index in [1.165, 1.54) is 6.33 Å². The standard InChI is InChI=1S/C13H12N4O3S/c1-6-4-8(17(3)16-6)20-11-9-7(2)10(13(18)19)21-12(9)15-5-14-11/h4-5H,1-3H3,(H,18,19). The van der Waals surface area contributed by atoms with Gasteiger partial charge in [0.2, 0.25) is 11.8 Å². The Bertz CT molecular complexity index is 853. The van der Waals surface area contributed by atoms with Gasteiger partial charge in [-0.2, -0.15) is 5.10 Å². The number of hydrogen-bond donors (Lipinski definition) is 1. The van der Waals surface area contributed by atoms with E-state index in [1.54, 1.807) is 24.7 Å². The van der Waals surface area contributed by atoms with Crippen LogP contribution in [0.2, 0.25) is 0 Å². The van der Waals surface area contributed by atoms with Crippen molar-refractivity contribution in [3.63, 3.8) is 0 Å². The van der Waals surface area contributed by atoms with Crippen LogP contribution in [0, 0.1) is 13.8 Å². The maximum atomic E-state index is 11.2. The zero-order valence-corrected chi connectivity index (χ0v) is 12.4. The minimum Gasteiger partial charge on any atom is -0.477 e. The van der Waals surface area contributed by atoms with Gasteiger partial charge in [0.1, 0.15) is 16.0 Å². The number of thiophene rings is 1. The first-order valence-corrected chi connectivity index (χ1v) is 6.95. The van der Waals surface area contributed by atoms with Gasteiger partial charge >= 0.3 is 5.97 Å². The van der Waals surface area contributed by atoms with Crippen molar-refractivity contribution in [2.24, 2.45) is 7.05 Å². The molecule has 3 rings (SSSR count). The maximum absolute atomic E-state index is 11.2. The third-order valence-corrected chi connectivity index (χ3v) is 4.23. The van der Waals surface area contributed by atoms with E-state index in [4.69, 9.17) is 4.74 Å². The molecule has 3 aromatic rings. The number of nitrogens with zero attached hydrogens (tertiary/aromatic N) is 4. The second kappa shape index (κ2) is 4.81. The largest absolute Gasteiger partial charge is 0.477 e. The first kappa shape index (κ1) is 13.5. The lowest BCUT2D eigenvalue weighted by atomic mass is 10.2. The van der Waals surface area contributed by atoms with Crippen molar-refractivity contribution in [1.82, 2.24) is 19.7 Å². The van der Waals surface area contributed by atoms with E-state index in [9.17, 15) is 9.90 Å². The smallest absolute Gasteiger partial charge is 0.346 e. The van der Waals surface area contributed by atoms with E-state index < -0.39 is 5.97 Å². The molecule has 8 heteroatoms. The Kier molecular flexibility index (Phi) is 3.09. The third kappa shape index (κ3) is 2.23. The monoisotopic (exact) mass is 304 g/mol. The van der Waals surface area contributed by atoms with Gasteiger partial charge in [0.25, 0.3) is 0 Å². The molecule has 0 aliphatic heterocycles. The molecule has 0 saturated carbocycles. The van der Waals surface area contributed by atoms with Crippen molar-refractivity contribution < 1.29 is 14.6 Å². The molecule has 21 heavy (non-hydrogen) atoms. The van der Waals surface area contributed by atoms with Crippen molar-refractivity contribution >= 4 is 27.5 Å². The highest BCUT2D eigenvalue weighted by atomic mass is 32.1. The Labute approximate surface area is 123 Å². The number of carboxylic acid groups (broad SMARTS) is 1. The third-order valence-electron chi connectivity index (χ3n) is 3.05. The molecule has 0 fully saturated rings. The van der Waals surface area contributed by atoms with Gasteiger partial charge in [0, 0.05) is 13.1 Å². The highest BCUT2D eigenvalue weighted by Crippen LogP contribution is 2.36. The fraction of sp³-hybridized carbons (Fsp3) is 0.231. The highest BCUT2D eigenvalue weighted by Gasteiger charge is 2.20. The first-order valence-electron chi connectivity index (χ1n) is 6.13. The SMILES string of the molecule is Cc1cc(Oc2ncnc3sc(C(=O)O)c(C)c23)n(C)n1. The number of ether oxygens (including phenoxy) is 1. The van der Waals surface area contributed by atoms with E-state index in [-0.39, 0.29) is 4.88 Å². The molecule has 0 unspecified atom stereocenters. The number of aryl methyl sites for hydroxylation is 3. The maximum Gasteiger partial charge on any atom is 0.346 e. The molecule has 0 bridgehead atoms. The van der Waals surface area contributed by atoms with Crippen LogP contribution in [0.3, 0.4) is 0 Å². The molecule has 0 radical (unpaired) electrons. The lowest BCUT2D eigenvalue weighted by molar-refractivity contribution is 0.0701. The zero-order valence-electron chi connectivity index (χ0n) is 11.6. The van der Waals surface area contributed by atoms with E-state index in [1.807, 2.05) is 6.92 Å². The summed E-state index contributed by atoms with van der Waals surface area (Å²) in [6.45, 7) is 3.59. The summed E-state index contributed by atoms with van der Waals surface area (Å²) in [5.74, 6) is -0.1000. The average molecular weight is 304 g/mol. The summed E-state index contributed by atoms with van der Waals surface area (Å²) in [4.78, 5) is 20.3. The van der Waals surface area contributed by atoms with Gasteiger partial charge < -0.3 is 9.84 Å². The van der Waals surface area contributed by atoms with E-state index in [0.717, 1.165) is 17.0 Å². The summed E-state index contributed by atoms with van der Waals surface area (Å²) in [7, 11) is 1.77. The molecular formula is C13H12N4O3S. The van der Waals surface area contributed by atoms with Gasteiger partial charge in [-0.05, 0) is 19.4 Å². The van der Waals surface area contributed by atoms with Crippen molar-refractivity contribution in [2.45, 2.75) is 13.8 Å². The Morgan fingerprint density at radius 1 is 1.38 bits per heavy atom. The molecule has 0 atom stereocenters. The van der Waals surface area contributed by atoms with Gasteiger partial charge in [0.15, 0.2) is 0 Å². The predicted molar refractivity (Wildman–Crippen MR) is 77.1 cm³/mol. The summed E-state index contributed by atoms with van der Waals surface area (Å²) >= 11 is 1.11. The first-order chi connectivity index (χ1) is 9.97. The molecule has 0 saturated heterocycles. The van der Waals surface area contributed by atoms with E-state index >= 15 is 0 Å². The summed E-state index contributed by atoms with van der Waals surface area (Å²) in [5.41, 5.74) is 1.43. The topological polar surface area (TPSA) is 90.1 Å². The van der Waals surface area contributed by atoms with Gasteiger partial charge in [-0.25, -0.2) is 19.4 Å². The summed E-state index contributed by atoms with van der Waals surface area (Å²) in [5, 5.41) is 14.0. The number of rotatable bonds is 3. The number of hydrogen-bond acceptors (Lipinski definition) is 6. The molecule has 3 heterocycles. The number of carboxylic acids is 1. The van der Waals surface area contributed by atoms with Crippen molar-refractivity contribution in [3.05, 3.63) is 28.5 Å². The summed E-state index contributed by atoms with van der Waals surface area (Å²) in [6.07, 6.45) is 1.36. The fourth-order valence-electron chi connectivity index (χ4n) is 2.10. The Morgan fingerprint density at radius 2 is 2.14 bits per heavy atom. The highest BCUT2D eigenvalue weighted by molar-refractivity contribution is 7.20. The van der Waals surface area contributed by atoms with Crippen LogP contribution in [0.5, 0.6) is 11.8 Å². The predicted octanol–water partition coefficient (Wildman–Crippen LogP) is 2.53. The van der Waals surface area contributed by atoms with Crippen molar-refractivity contribution in [1.29, 1.82) is 0 Å². The van der Waals surface area contributed by atoms with Crippen LogP contribution in [0.25, 0.3) is 10.2 Å². The number of aromatic carboxylic acids is 1. The Balaban J connectivity index is 2.14. The van der Waals surface area contributed by atoms with Crippen LogP contribution in [-0.4, -0.2) is 30.8 Å². The lowest BCUT2D eigenvalue weighted by Crippen LogP contribution is -1.98. The normalized spacial score (nSPS) is 11.0. The fourth-order valence-corrected chi connectivity index (χ4v) is 3.08. The van der Waals surface area contributed by atoms with Crippen LogP contribution in [0.4, 0.5) is 0 Å². The van der Waals surface area contributed by atoms with Crippen LogP contribution in [-0.2, 0) is 7.05 Å². The Hall–Kier alpha value is -2.48. The zero-order chi connectivity index (χ0) is 15.1. The van der Waals surface area contributed by atoms with E-state index in [2.05, 4.69) is 15.1 Å². The summed E-state index contributed by atoms with van der Waals surface area (Å²) in [6, 6.07) is 1.79. The van der Waals surface area contributed by atoms with Crippen LogP contribution < -0.4 is 4.74 Å². The molecular weight excluding hydrogens is 292 g/mol. The van der Waals surface area contributed by atoms with Gasteiger partial charge in [0.05, 0.1) is 11.1 Å². The minimum absolute atomic E-state index is 0.247. The van der Waals surface area contributed by atoms with Gasteiger partial charge in [-0.15, -0.1) is 11.3 Å². The lowest BCUT2D eigenvalue weighted by Gasteiger charge is -2.05. The quantitative estimate of drug-likeness (QED) is 0.799. The number of fused-ring (bicyclic) bond motifs is 1. The second-order valence-corrected chi connectivity index (χ2v) is 5.57. The number of carbonyl (C=O) groups is 1. The molecule has 0 amide bonds. The molecule has 0 aliphatic rings. The molecule has 1 N–H and O–H groups in total. The Morgan fingerprint density at radius 3 is 2.76 bits per heavy atom. The van der Waals surface area contributed by atoms with Crippen LogP contribution in [0.1, 0.15) is 20.9 Å². The molecule has 3 aromatic heterocycles. The van der Waals surface area contributed by atoms with Crippen molar-refractivity contribution in [3.8, 4) is 11.8 Å². The average Bonchev–Trinajstić information content (AvgIpc) is 2.91. The molecule has 0 aliphatic carbocycles. The minimum atomic E-state index is -0.974. The van der Waals surface area contributed by atoms with Crippen molar-refractivity contribution in [2.75, 3.05) is 0 Å². The number of aromatic nitrogens is 4. The molecule has 0 aromatic carbocycles. The van der Waals surface area contributed by atoms with Crippen LogP contribution >= 0.6 is 11.3 Å². The van der Waals surface area contributed by atoms with Gasteiger partial charge in [-0.1, -0.05) is 0 Å².